The van der Waals surface area contributed by atoms with Gasteiger partial charge in [0.1, 0.15) is 0 Å². The van der Waals surface area contributed by atoms with E-state index in [1.54, 1.807) is 5.57 Å². The van der Waals surface area contributed by atoms with Crippen LogP contribution in [0.3, 0.4) is 0 Å². The van der Waals surface area contributed by atoms with Crippen LogP contribution in [0.2, 0.25) is 0 Å². The van der Waals surface area contributed by atoms with Crippen molar-refractivity contribution >= 4 is 12.2 Å². The van der Waals surface area contributed by atoms with Crippen LogP contribution in [-0.4, -0.2) is 25.0 Å². The summed E-state index contributed by atoms with van der Waals surface area (Å²) in [5, 5.41) is 0. The van der Waals surface area contributed by atoms with E-state index in [0.717, 1.165) is 0 Å². The van der Waals surface area contributed by atoms with Crippen molar-refractivity contribution in [2.24, 2.45) is 0 Å². The molecule has 1 atom stereocenters. The third-order valence-electron chi connectivity index (χ3n) is 5.46. The summed E-state index contributed by atoms with van der Waals surface area (Å²) in [4.78, 5) is 2.35. The lowest BCUT2D eigenvalue weighted by molar-refractivity contribution is 0.311. The van der Waals surface area contributed by atoms with Gasteiger partial charge in [0.15, 0.2) is 0 Å². The van der Waals surface area contributed by atoms with Gasteiger partial charge in [-0.25, -0.2) is 0 Å². The second kappa shape index (κ2) is 6.41. The zero-order valence-electron chi connectivity index (χ0n) is 14.6. The maximum Gasteiger partial charge on any atom is 0.0311 e. The fourth-order valence-electron chi connectivity index (χ4n) is 4.17. The molecular weight excluding hydrogens is 290 g/mol. The summed E-state index contributed by atoms with van der Waals surface area (Å²) in [6.07, 6.45) is 10.8. The average molecular weight is 315 g/mol. The summed E-state index contributed by atoms with van der Waals surface area (Å²) in [5.74, 6) is 0.384. The van der Waals surface area contributed by atoms with Gasteiger partial charge in [-0.1, -0.05) is 72.3 Å². The molecule has 2 aliphatic rings. The molecule has 4 rings (SSSR count). The van der Waals surface area contributed by atoms with Crippen LogP contribution in [0.15, 0.2) is 60.2 Å². The van der Waals surface area contributed by atoms with Gasteiger partial charge < -0.3 is 4.90 Å². The number of hydrogen-bond acceptors (Lipinski definition) is 1. The summed E-state index contributed by atoms with van der Waals surface area (Å²) >= 11 is 0. The van der Waals surface area contributed by atoms with Gasteiger partial charge in [-0.05, 0) is 55.6 Å². The van der Waals surface area contributed by atoms with Crippen LogP contribution in [0.25, 0.3) is 12.2 Å². The van der Waals surface area contributed by atoms with Crippen LogP contribution >= 0.6 is 0 Å². The molecule has 0 aliphatic heterocycles. The quantitative estimate of drug-likeness (QED) is 0.676. The number of allylic oxidation sites excluding steroid dienone is 1. The lowest BCUT2D eigenvalue weighted by Gasteiger charge is -2.31. The Bertz CT molecular complexity index is 748. The van der Waals surface area contributed by atoms with Crippen molar-refractivity contribution in [2.75, 3.05) is 14.1 Å². The number of nitrogens with zero attached hydrogens (tertiary/aromatic N) is 1. The zero-order valence-corrected chi connectivity index (χ0v) is 14.6. The van der Waals surface area contributed by atoms with Gasteiger partial charge >= 0.3 is 0 Å². The molecule has 0 radical (unpaired) electrons. The first-order valence-electron chi connectivity index (χ1n) is 8.97. The monoisotopic (exact) mass is 315 g/mol. The van der Waals surface area contributed by atoms with Crippen LogP contribution in [0, 0.1) is 0 Å². The highest BCUT2D eigenvalue weighted by Crippen LogP contribution is 2.42. The average Bonchev–Trinajstić information content (AvgIpc) is 2.78. The van der Waals surface area contributed by atoms with Crippen molar-refractivity contribution in [1.82, 2.24) is 4.90 Å². The molecule has 122 valence electrons. The van der Waals surface area contributed by atoms with Gasteiger partial charge in [0.25, 0.3) is 0 Å². The normalized spacial score (nSPS) is 20.3. The lowest BCUT2D eigenvalue weighted by atomic mass is 9.77. The molecule has 0 heterocycles. The van der Waals surface area contributed by atoms with Crippen molar-refractivity contribution in [2.45, 2.75) is 31.2 Å². The SMILES string of the molecule is CN(C)C1C=C(C2c3ccccc3C=Cc3ccccc32)CCC1. The molecule has 0 amide bonds. The Balaban J connectivity index is 1.89. The molecule has 0 N–H and O–H groups in total. The van der Waals surface area contributed by atoms with Crippen molar-refractivity contribution in [3.63, 3.8) is 0 Å². The molecule has 0 spiro atoms. The van der Waals surface area contributed by atoms with Crippen molar-refractivity contribution < 1.29 is 0 Å². The number of rotatable bonds is 2. The Morgan fingerprint density at radius 1 is 0.833 bits per heavy atom. The lowest BCUT2D eigenvalue weighted by Crippen LogP contribution is -2.29. The summed E-state index contributed by atoms with van der Waals surface area (Å²) in [7, 11) is 4.39. The molecule has 2 aliphatic carbocycles. The van der Waals surface area contributed by atoms with E-state index in [1.807, 2.05) is 0 Å². The van der Waals surface area contributed by atoms with Crippen LogP contribution in [-0.2, 0) is 0 Å². The first-order chi connectivity index (χ1) is 11.7. The molecule has 1 nitrogen and oxygen atoms in total. The van der Waals surface area contributed by atoms with Gasteiger partial charge in [0, 0.05) is 12.0 Å². The van der Waals surface area contributed by atoms with E-state index < -0.39 is 0 Å². The second-order valence-corrected chi connectivity index (χ2v) is 7.19. The van der Waals surface area contributed by atoms with Gasteiger partial charge in [-0.3, -0.25) is 0 Å². The molecule has 0 aromatic heterocycles. The molecule has 0 saturated heterocycles. The Hall–Kier alpha value is -2.12. The Morgan fingerprint density at radius 3 is 2.00 bits per heavy atom. The van der Waals surface area contributed by atoms with Crippen molar-refractivity contribution in [1.29, 1.82) is 0 Å². The molecule has 0 saturated carbocycles. The highest BCUT2D eigenvalue weighted by atomic mass is 15.1. The third-order valence-corrected chi connectivity index (χ3v) is 5.46. The van der Waals surface area contributed by atoms with E-state index in [1.165, 1.54) is 41.5 Å². The molecule has 24 heavy (non-hydrogen) atoms. The summed E-state index contributed by atoms with van der Waals surface area (Å²) in [6.45, 7) is 0. The highest BCUT2D eigenvalue weighted by Gasteiger charge is 2.27. The Morgan fingerprint density at radius 2 is 1.42 bits per heavy atom. The largest absolute Gasteiger partial charge is 0.303 e. The molecule has 0 fully saturated rings. The van der Waals surface area contributed by atoms with Gasteiger partial charge in [-0.15, -0.1) is 0 Å². The Labute approximate surface area is 145 Å². The van der Waals surface area contributed by atoms with E-state index in [2.05, 4.69) is 85.8 Å². The maximum absolute atomic E-state index is 2.53. The van der Waals surface area contributed by atoms with Crippen LogP contribution in [0.1, 0.15) is 47.4 Å². The zero-order chi connectivity index (χ0) is 16.5. The van der Waals surface area contributed by atoms with E-state index >= 15 is 0 Å². The molecule has 2 aromatic carbocycles. The smallest absolute Gasteiger partial charge is 0.0311 e. The summed E-state index contributed by atoms with van der Waals surface area (Å²) < 4.78 is 0. The van der Waals surface area contributed by atoms with E-state index in [0.29, 0.717) is 12.0 Å². The van der Waals surface area contributed by atoms with Crippen LogP contribution in [0.4, 0.5) is 0 Å². The molecule has 2 aromatic rings. The van der Waals surface area contributed by atoms with Crippen molar-refractivity contribution in [3.8, 4) is 0 Å². The topological polar surface area (TPSA) is 3.24 Å². The van der Waals surface area contributed by atoms with Crippen molar-refractivity contribution in [3.05, 3.63) is 82.4 Å². The number of likely N-dealkylation sites (N-methyl/N-ethyl adjacent to an activating group) is 1. The highest BCUT2D eigenvalue weighted by molar-refractivity contribution is 5.77. The molecule has 1 unspecified atom stereocenters. The van der Waals surface area contributed by atoms with E-state index in [9.17, 15) is 0 Å². The fourth-order valence-corrected chi connectivity index (χ4v) is 4.17. The van der Waals surface area contributed by atoms with E-state index in [4.69, 9.17) is 0 Å². The third kappa shape index (κ3) is 2.74. The minimum Gasteiger partial charge on any atom is -0.303 e. The summed E-state index contributed by atoms with van der Waals surface area (Å²) in [5.41, 5.74) is 7.19. The second-order valence-electron chi connectivity index (χ2n) is 7.19. The molecule has 1 heteroatoms. The van der Waals surface area contributed by atoms with Gasteiger partial charge in [0.05, 0.1) is 0 Å². The number of fused-ring (bicyclic) bond motifs is 2. The fraction of sp³-hybridized carbons (Fsp3) is 0.304. The minimum absolute atomic E-state index is 0.384. The first-order valence-corrected chi connectivity index (χ1v) is 8.97. The van der Waals surface area contributed by atoms with Crippen LogP contribution < -0.4 is 0 Å². The Kier molecular flexibility index (Phi) is 4.12. The van der Waals surface area contributed by atoms with E-state index in [-0.39, 0.29) is 0 Å². The first kappa shape index (κ1) is 15.4. The predicted octanol–water partition coefficient (Wildman–Crippen LogP) is 5.34. The number of benzene rings is 2. The van der Waals surface area contributed by atoms with Gasteiger partial charge in [-0.2, -0.15) is 0 Å². The summed E-state index contributed by atoms with van der Waals surface area (Å²) in [6, 6.07) is 18.3. The predicted molar refractivity (Wildman–Crippen MR) is 103 cm³/mol. The standard InChI is InChI=1S/C23H25N/c1-24(2)20-11-7-10-19(16-20)23-21-12-5-3-8-17(21)14-15-18-9-4-6-13-22(18)23/h3-6,8-9,12-16,20,23H,7,10-11H2,1-2H3. The van der Waals surface area contributed by atoms with Crippen LogP contribution in [0.5, 0.6) is 0 Å². The van der Waals surface area contributed by atoms with Gasteiger partial charge in [0.2, 0.25) is 0 Å². The minimum atomic E-state index is 0.384. The number of hydrogen-bond donors (Lipinski definition) is 0. The molecule has 0 bridgehead atoms. The molecular formula is C23H25N. The maximum atomic E-state index is 2.53.